The Labute approximate surface area is 82.7 Å². The molecule has 1 aromatic rings. The molecule has 1 aromatic carbocycles. The van der Waals surface area contributed by atoms with Crippen molar-refractivity contribution < 1.29 is 9.90 Å². The first-order chi connectivity index (χ1) is 6.63. The summed E-state index contributed by atoms with van der Waals surface area (Å²) in [5, 5.41) is 12.1. The predicted molar refractivity (Wildman–Crippen MR) is 55.3 cm³/mol. The van der Waals surface area contributed by atoms with E-state index in [1.54, 1.807) is 31.2 Å². The number of nitrogens with one attached hydrogen (secondary N) is 1. The molecule has 4 N–H and O–H groups in total. The van der Waals surface area contributed by atoms with Gasteiger partial charge in [0.25, 0.3) is 0 Å². The maximum absolute atomic E-state index is 11.2. The van der Waals surface area contributed by atoms with E-state index in [4.69, 9.17) is 5.73 Å². The van der Waals surface area contributed by atoms with E-state index in [9.17, 15) is 9.90 Å². The summed E-state index contributed by atoms with van der Waals surface area (Å²) in [4.78, 5) is 11.2. The van der Waals surface area contributed by atoms with E-state index in [1.807, 2.05) is 0 Å². The Hall–Kier alpha value is -1.55. The van der Waals surface area contributed by atoms with Gasteiger partial charge in [-0.2, -0.15) is 0 Å². The van der Waals surface area contributed by atoms with Crippen LogP contribution in [0.1, 0.15) is 6.92 Å². The normalized spacial score (nSPS) is 12.1. The lowest BCUT2D eigenvalue weighted by Gasteiger charge is -2.12. The molecule has 0 aliphatic carbocycles. The van der Waals surface area contributed by atoms with Crippen molar-refractivity contribution in [1.82, 2.24) is 0 Å². The fourth-order valence-corrected chi connectivity index (χ4v) is 1.10. The number of hydrogen-bond acceptors (Lipinski definition) is 4. The Morgan fingerprint density at radius 2 is 2.36 bits per heavy atom. The van der Waals surface area contributed by atoms with E-state index in [1.165, 1.54) is 0 Å². The lowest BCUT2D eigenvalue weighted by atomic mass is 10.2. The molecule has 1 atom stereocenters. The predicted octanol–water partition coefficient (Wildman–Crippen LogP) is 0.720. The minimum atomic E-state index is -0.332. The molecule has 0 radical (unpaired) electrons. The molecule has 0 heterocycles. The Morgan fingerprint density at radius 1 is 1.64 bits per heavy atom. The van der Waals surface area contributed by atoms with Crippen molar-refractivity contribution in [2.75, 3.05) is 11.9 Å². The number of rotatable bonds is 4. The molecule has 4 heteroatoms. The number of anilines is 1. The molecular formula is C10H14N2O2. The summed E-state index contributed by atoms with van der Waals surface area (Å²) in [5.74, 6) is 0.107. The number of ketones is 1. The smallest absolute Gasteiger partial charge is 0.168 e. The van der Waals surface area contributed by atoms with Crippen LogP contribution >= 0.6 is 0 Å². The van der Waals surface area contributed by atoms with Crippen LogP contribution in [-0.4, -0.2) is 23.5 Å². The molecule has 4 nitrogen and oxygen atoms in total. The van der Waals surface area contributed by atoms with Gasteiger partial charge in [0, 0.05) is 11.8 Å². The minimum absolute atomic E-state index is 0.0208. The molecule has 0 fully saturated rings. The third-order valence-corrected chi connectivity index (χ3v) is 1.91. The maximum atomic E-state index is 11.2. The van der Waals surface area contributed by atoms with Gasteiger partial charge in [0.05, 0.1) is 12.6 Å². The average Bonchev–Trinajstić information content (AvgIpc) is 2.16. The zero-order valence-electron chi connectivity index (χ0n) is 8.03. The second-order valence-corrected chi connectivity index (χ2v) is 3.09. The topological polar surface area (TPSA) is 75.3 Å². The number of benzene rings is 1. The van der Waals surface area contributed by atoms with Crippen molar-refractivity contribution in [2.45, 2.75) is 13.0 Å². The number of hydrogen-bond donors (Lipinski definition) is 3. The van der Waals surface area contributed by atoms with Crippen LogP contribution in [0.3, 0.4) is 0 Å². The molecule has 0 aromatic heterocycles. The molecule has 14 heavy (non-hydrogen) atoms. The van der Waals surface area contributed by atoms with Gasteiger partial charge < -0.3 is 16.2 Å². The number of phenolic OH excluding ortho intramolecular Hbond substituents is 1. The molecule has 0 aliphatic rings. The van der Waals surface area contributed by atoms with Gasteiger partial charge in [-0.15, -0.1) is 0 Å². The van der Waals surface area contributed by atoms with Crippen molar-refractivity contribution in [3.8, 4) is 5.75 Å². The molecule has 1 rings (SSSR count). The van der Waals surface area contributed by atoms with Gasteiger partial charge in [0.1, 0.15) is 5.75 Å². The Morgan fingerprint density at radius 3 is 2.93 bits per heavy atom. The first-order valence-electron chi connectivity index (χ1n) is 4.42. The van der Waals surface area contributed by atoms with Crippen LogP contribution < -0.4 is 11.1 Å². The highest BCUT2D eigenvalue weighted by molar-refractivity contribution is 5.87. The van der Waals surface area contributed by atoms with Crippen LogP contribution in [0, 0.1) is 0 Å². The molecular weight excluding hydrogens is 180 g/mol. The van der Waals surface area contributed by atoms with Crippen molar-refractivity contribution in [3.05, 3.63) is 24.3 Å². The molecule has 0 spiro atoms. The molecule has 0 amide bonds. The highest BCUT2D eigenvalue weighted by Crippen LogP contribution is 2.16. The van der Waals surface area contributed by atoms with E-state index in [0.717, 1.165) is 0 Å². The van der Waals surface area contributed by atoms with Crippen molar-refractivity contribution in [1.29, 1.82) is 0 Å². The van der Waals surface area contributed by atoms with Crippen molar-refractivity contribution in [3.63, 3.8) is 0 Å². The van der Waals surface area contributed by atoms with E-state index in [2.05, 4.69) is 5.32 Å². The standard InChI is InChI=1S/C10H14N2O2/c1-7(10(14)6-11)12-8-3-2-4-9(13)5-8/h2-5,7,12-13H,6,11H2,1H3/t7-/m0/s1. The summed E-state index contributed by atoms with van der Waals surface area (Å²) in [6.07, 6.45) is 0. The van der Waals surface area contributed by atoms with Crippen LogP contribution in [-0.2, 0) is 4.79 Å². The van der Waals surface area contributed by atoms with E-state index in [-0.39, 0.29) is 24.1 Å². The van der Waals surface area contributed by atoms with Gasteiger partial charge in [-0.1, -0.05) is 6.07 Å². The Kier molecular flexibility index (Phi) is 3.48. The summed E-state index contributed by atoms with van der Waals surface area (Å²) >= 11 is 0. The number of Topliss-reactive ketones (excluding diaryl/α,β-unsaturated/α-hetero) is 1. The van der Waals surface area contributed by atoms with Gasteiger partial charge in [0.2, 0.25) is 0 Å². The first kappa shape index (κ1) is 10.5. The second kappa shape index (κ2) is 4.62. The number of aromatic hydroxyl groups is 1. The average molecular weight is 194 g/mol. The maximum Gasteiger partial charge on any atom is 0.168 e. The van der Waals surface area contributed by atoms with Crippen LogP contribution in [0.2, 0.25) is 0 Å². The fraction of sp³-hybridized carbons (Fsp3) is 0.300. The SMILES string of the molecule is C[C@H](Nc1cccc(O)c1)C(=O)CN. The van der Waals surface area contributed by atoms with E-state index in [0.29, 0.717) is 5.69 Å². The number of carbonyl (C=O) groups excluding carboxylic acids is 1. The zero-order valence-corrected chi connectivity index (χ0v) is 8.03. The minimum Gasteiger partial charge on any atom is -0.508 e. The number of nitrogens with two attached hydrogens (primary N) is 1. The van der Waals surface area contributed by atoms with Gasteiger partial charge in [0.15, 0.2) is 5.78 Å². The van der Waals surface area contributed by atoms with Gasteiger partial charge in [-0.3, -0.25) is 4.79 Å². The van der Waals surface area contributed by atoms with Crippen LogP contribution in [0.15, 0.2) is 24.3 Å². The summed E-state index contributed by atoms with van der Waals surface area (Å²) in [5.41, 5.74) is 5.93. The highest BCUT2D eigenvalue weighted by atomic mass is 16.3. The highest BCUT2D eigenvalue weighted by Gasteiger charge is 2.09. The molecule has 0 aliphatic heterocycles. The largest absolute Gasteiger partial charge is 0.508 e. The molecule has 76 valence electrons. The summed E-state index contributed by atoms with van der Waals surface area (Å²) in [6.45, 7) is 1.76. The summed E-state index contributed by atoms with van der Waals surface area (Å²) in [6, 6.07) is 6.28. The second-order valence-electron chi connectivity index (χ2n) is 3.09. The first-order valence-corrected chi connectivity index (χ1v) is 4.42. The third kappa shape index (κ3) is 2.74. The van der Waals surface area contributed by atoms with Gasteiger partial charge >= 0.3 is 0 Å². The van der Waals surface area contributed by atoms with Gasteiger partial charge in [-0.25, -0.2) is 0 Å². The van der Waals surface area contributed by atoms with Crippen LogP contribution in [0.4, 0.5) is 5.69 Å². The third-order valence-electron chi connectivity index (χ3n) is 1.91. The number of phenols is 1. The van der Waals surface area contributed by atoms with Crippen LogP contribution in [0.25, 0.3) is 0 Å². The molecule has 0 saturated heterocycles. The fourth-order valence-electron chi connectivity index (χ4n) is 1.10. The number of carbonyl (C=O) groups is 1. The van der Waals surface area contributed by atoms with E-state index >= 15 is 0 Å². The summed E-state index contributed by atoms with van der Waals surface area (Å²) < 4.78 is 0. The van der Waals surface area contributed by atoms with E-state index < -0.39 is 0 Å². The van der Waals surface area contributed by atoms with Crippen LogP contribution in [0.5, 0.6) is 5.75 Å². The quantitative estimate of drug-likeness (QED) is 0.660. The summed E-state index contributed by atoms with van der Waals surface area (Å²) in [7, 11) is 0. The zero-order chi connectivity index (χ0) is 10.6. The van der Waals surface area contributed by atoms with Crippen molar-refractivity contribution in [2.24, 2.45) is 5.73 Å². The van der Waals surface area contributed by atoms with Gasteiger partial charge in [-0.05, 0) is 19.1 Å². The van der Waals surface area contributed by atoms with Crippen molar-refractivity contribution >= 4 is 11.5 Å². The molecule has 0 saturated carbocycles. The Balaban J connectivity index is 2.64. The Bertz CT molecular complexity index is 326. The lowest BCUT2D eigenvalue weighted by molar-refractivity contribution is -0.118. The molecule has 0 unspecified atom stereocenters. The molecule has 0 bridgehead atoms. The lowest BCUT2D eigenvalue weighted by Crippen LogP contribution is -2.31. The monoisotopic (exact) mass is 194 g/mol.